The zero-order chi connectivity index (χ0) is 9.31. The molecule has 0 heterocycles. The second-order valence-corrected chi connectivity index (χ2v) is 4.47. The first-order valence-electron chi connectivity index (χ1n) is 5.53. The number of rotatable bonds is 3. The topological polar surface area (TPSA) is 12.0 Å². The Kier molecular flexibility index (Phi) is 2.34. The van der Waals surface area contributed by atoms with Crippen molar-refractivity contribution in [2.24, 2.45) is 5.92 Å². The highest BCUT2D eigenvalue weighted by Crippen LogP contribution is 2.53. The lowest BCUT2D eigenvalue weighted by Gasteiger charge is -2.18. The summed E-state index contributed by atoms with van der Waals surface area (Å²) in [5.41, 5.74) is 0.530. The normalized spacial score (nSPS) is 26.0. The molecule has 2 fully saturated rings. The molecule has 13 heavy (non-hydrogen) atoms. The minimum atomic E-state index is 0.392. The standard InChI is InChI=1S/C12H19N/c1-3-4-5-10(2)13-12(8-9-12)11-6-7-11/h10-11,13H,3,6-9H2,1-2H3. The van der Waals surface area contributed by atoms with E-state index in [-0.39, 0.29) is 0 Å². The van der Waals surface area contributed by atoms with E-state index in [0.29, 0.717) is 11.6 Å². The Morgan fingerprint density at radius 3 is 2.62 bits per heavy atom. The lowest BCUT2D eigenvalue weighted by Crippen LogP contribution is -2.39. The zero-order valence-electron chi connectivity index (χ0n) is 8.69. The minimum absolute atomic E-state index is 0.392. The van der Waals surface area contributed by atoms with Crippen LogP contribution in [0.3, 0.4) is 0 Å². The van der Waals surface area contributed by atoms with Gasteiger partial charge in [-0.25, -0.2) is 0 Å². The smallest absolute Gasteiger partial charge is 0.0665 e. The summed E-state index contributed by atoms with van der Waals surface area (Å²) < 4.78 is 0. The van der Waals surface area contributed by atoms with Crippen LogP contribution in [-0.4, -0.2) is 11.6 Å². The van der Waals surface area contributed by atoms with Crippen LogP contribution in [0.15, 0.2) is 0 Å². The summed E-state index contributed by atoms with van der Waals surface area (Å²) in [6.45, 7) is 4.29. The third-order valence-corrected chi connectivity index (χ3v) is 3.15. The predicted octanol–water partition coefficient (Wildman–Crippen LogP) is 2.32. The van der Waals surface area contributed by atoms with Gasteiger partial charge < -0.3 is 0 Å². The van der Waals surface area contributed by atoms with Crippen molar-refractivity contribution in [3.05, 3.63) is 0 Å². The van der Waals surface area contributed by atoms with Crippen LogP contribution < -0.4 is 5.32 Å². The van der Waals surface area contributed by atoms with E-state index in [4.69, 9.17) is 0 Å². The van der Waals surface area contributed by atoms with Crippen molar-refractivity contribution in [2.75, 3.05) is 0 Å². The third kappa shape index (κ3) is 2.06. The van der Waals surface area contributed by atoms with Crippen LogP contribution in [0.4, 0.5) is 0 Å². The first kappa shape index (κ1) is 9.09. The highest BCUT2D eigenvalue weighted by Gasteiger charge is 2.53. The summed E-state index contributed by atoms with van der Waals surface area (Å²) in [7, 11) is 0. The monoisotopic (exact) mass is 177 g/mol. The van der Waals surface area contributed by atoms with E-state index in [1.165, 1.54) is 25.7 Å². The molecule has 72 valence electrons. The average Bonchev–Trinajstić information content (AvgIpc) is 2.91. The maximum Gasteiger partial charge on any atom is 0.0665 e. The molecule has 1 unspecified atom stereocenters. The molecule has 2 rings (SSSR count). The molecule has 0 aromatic rings. The molecule has 0 aliphatic heterocycles. The van der Waals surface area contributed by atoms with Crippen LogP contribution in [0, 0.1) is 17.8 Å². The Morgan fingerprint density at radius 1 is 1.46 bits per heavy atom. The fourth-order valence-electron chi connectivity index (χ4n) is 2.16. The van der Waals surface area contributed by atoms with Crippen molar-refractivity contribution in [2.45, 2.75) is 57.5 Å². The highest BCUT2D eigenvalue weighted by molar-refractivity contribution is 5.16. The van der Waals surface area contributed by atoms with Crippen LogP contribution in [0.5, 0.6) is 0 Å². The quantitative estimate of drug-likeness (QED) is 0.652. The van der Waals surface area contributed by atoms with Gasteiger partial charge in [-0.2, -0.15) is 0 Å². The molecule has 0 aromatic carbocycles. The van der Waals surface area contributed by atoms with Crippen molar-refractivity contribution >= 4 is 0 Å². The van der Waals surface area contributed by atoms with Gasteiger partial charge in [0, 0.05) is 12.0 Å². The summed E-state index contributed by atoms with van der Waals surface area (Å²) in [5, 5.41) is 3.69. The first-order chi connectivity index (χ1) is 6.27. The van der Waals surface area contributed by atoms with E-state index in [0.717, 1.165) is 12.3 Å². The van der Waals surface area contributed by atoms with Crippen molar-refractivity contribution in [1.29, 1.82) is 0 Å². The van der Waals surface area contributed by atoms with Crippen LogP contribution in [-0.2, 0) is 0 Å². The molecule has 1 N–H and O–H groups in total. The molecule has 0 aromatic heterocycles. The van der Waals surface area contributed by atoms with Crippen LogP contribution in [0.2, 0.25) is 0 Å². The summed E-state index contributed by atoms with van der Waals surface area (Å²) in [5.74, 6) is 7.38. The van der Waals surface area contributed by atoms with Crippen LogP contribution in [0.1, 0.15) is 46.0 Å². The zero-order valence-corrected chi connectivity index (χ0v) is 8.69. The van der Waals surface area contributed by atoms with E-state index in [9.17, 15) is 0 Å². The summed E-state index contributed by atoms with van der Waals surface area (Å²) >= 11 is 0. The van der Waals surface area contributed by atoms with Gasteiger partial charge in [0.25, 0.3) is 0 Å². The number of hydrogen-bond donors (Lipinski definition) is 1. The Hall–Kier alpha value is -0.480. The van der Waals surface area contributed by atoms with Crippen LogP contribution in [0.25, 0.3) is 0 Å². The van der Waals surface area contributed by atoms with E-state index < -0.39 is 0 Å². The summed E-state index contributed by atoms with van der Waals surface area (Å²) in [6, 6.07) is 0.392. The van der Waals surface area contributed by atoms with Crippen molar-refractivity contribution in [3.63, 3.8) is 0 Å². The molecule has 0 spiro atoms. The van der Waals surface area contributed by atoms with Gasteiger partial charge in [0.15, 0.2) is 0 Å². The maximum absolute atomic E-state index is 3.69. The summed E-state index contributed by atoms with van der Waals surface area (Å²) in [4.78, 5) is 0. The van der Waals surface area contributed by atoms with Gasteiger partial charge in [0.1, 0.15) is 0 Å². The van der Waals surface area contributed by atoms with Gasteiger partial charge in [-0.1, -0.05) is 12.8 Å². The molecule has 2 saturated carbocycles. The fourth-order valence-corrected chi connectivity index (χ4v) is 2.16. The Balaban J connectivity index is 1.83. The molecule has 0 bridgehead atoms. The van der Waals surface area contributed by atoms with E-state index >= 15 is 0 Å². The van der Waals surface area contributed by atoms with Crippen molar-refractivity contribution in [1.82, 2.24) is 5.32 Å². The number of nitrogens with one attached hydrogen (secondary N) is 1. The fraction of sp³-hybridized carbons (Fsp3) is 0.833. The first-order valence-corrected chi connectivity index (χ1v) is 5.53. The lowest BCUT2D eigenvalue weighted by molar-refractivity contribution is 0.428. The van der Waals surface area contributed by atoms with Gasteiger partial charge >= 0.3 is 0 Å². The summed E-state index contributed by atoms with van der Waals surface area (Å²) in [6.07, 6.45) is 6.63. The molecular formula is C12H19N. The molecule has 0 amide bonds. The van der Waals surface area contributed by atoms with Gasteiger partial charge in [-0.05, 0) is 38.5 Å². The average molecular weight is 177 g/mol. The van der Waals surface area contributed by atoms with Crippen LogP contribution >= 0.6 is 0 Å². The number of hydrogen-bond acceptors (Lipinski definition) is 1. The van der Waals surface area contributed by atoms with Crippen molar-refractivity contribution < 1.29 is 0 Å². The van der Waals surface area contributed by atoms with Gasteiger partial charge in [0.05, 0.1) is 6.04 Å². The molecule has 1 nitrogen and oxygen atoms in total. The SMILES string of the molecule is CCC#CC(C)NC1(C2CC2)CC1. The Morgan fingerprint density at radius 2 is 2.15 bits per heavy atom. The largest absolute Gasteiger partial charge is 0.298 e. The molecule has 2 aliphatic rings. The molecule has 0 saturated heterocycles. The van der Waals surface area contributed by atoms with Gasteiger partial charge in [0.2, 0.25) is 0 Å². The van der Waals surface area contributed by atoms with Gasteiger partial charge in [-0.3, -0.25) is 5.32 Å². The maximum atomic E-state index is 3.69. The van der Waals surface area contributed by atoms with E-state index in [2.05, 4.69) is 31.0 Å². The molecule has 1 heteroatoms. The molecule has 1 atom stereocenters. The predicted molar refractivity (Wildman–Crippen MR) is 55.4 cm³/mol. The Bertz CT molecular complexity index is 238. The second kappa shape index (κ2) is 3.35. The molecule has 2 aliphatic carbocycles. The second-order valence-electron chi connectivity index (χ2n) is 4.47. The minimum Gasteiger partial charge on any atom is -0.298 e. The lowest BCUT2D eigenvalue weighted by atomic mass is 10.1. The Labute approximate surface area is 81.3 Å². The third-order valence-electron chi connectivity index (χ3n) is 3.15. The van der Waals surface area contributed by atoms with E-state index in [1.807, 2.05) is 0 Å². The van der Waals surface area contributed by atoms with E-state index in [1.54, 1.807) is 0 Å². The molecular weight excluding hydrogens is 158 g/mol. The van der Waals surface area contributed by atoms with Crippen molar-refractivity contribution in [3.8, 4) is 11.8 Å². The van der Waals surface area contributed by atoms with Gasteiger partial charge in [-0.15, -0.1) is 5.92 Å². The highest BCUT2D eigenvalue weighted by atomic mass is 15.1. The molecule has 0 radical (unpaired) electrons.